The lowest BCUT2D eigenvalue weighted by molar-refractivity contribution is -0.139. The van der Waals surface area contributed by atoms with E-state index in [2.05, 4.69) is 14.9 Å². The van der Waals surface area contributed by atoms with Gasteiger partial charge in [-0.1, -0.05) is 0 Å². The molecule has 0 fully saturated rings. The fraction of sp³-hybridized carbons (Fsp3) is 0.333. The minimum atomic E-state index is -0.599. The van der Waals surface area contributed by atoms with E-state index in [9.17, 15) is 9.59 Å². The van der Waals surface area contributed by atoms with Gasteiger partial charge < -0.3 is 9.47 Å². The van der Waals surface area contributed by atoms with Gasteiger partial charge in [0.2, 0.25) is 5.88 Å². The fourth-order valence-corrected chi connectivity index (χ4v) is 0.871. The molecular weight excluding hydrogens is 200 g/mol. The van der Waals surface area contributed by atoms with E-state index in [1.54, 1.807) is 0 Å². The Morgan fingerprint density at radius 3 is 2.47 bits per heavy atom. The van der Waals surface area contributed by atoms with Gasteiger partial charge >= 0.3 is 5.97 Å². The summed E-state index contributed by atoms with van der Waals surface area (Å²) in [5.41, 5.74) is 0.112. The Bertz CT molecular complexity index is 361. The van der Waals surface area contributed by atoms with Crippen molar-refractivity contribution in [3.8, 4) is 5.88 Å². The zero-order valence-corrected chi connectivity index (χ0v) is 8.39. The van der Waals surface area contributed by atoms with Crippen LogP contribution < -0.4 is 4.74 Å². The molecule has 0 N–H and O–H groups in total. The van der Waals surface area contributed by atoms with Crippen LogP contribution in [0.5, 0.6) is 5.88 Å². The summed E-state index contributed by atoms with van der Waals surface area (Å²) in [4.78, 5) is 22.2. The molecule has 0 amide bonds. The van der Waals surface area contributed by atoms with Gasteiger partial charge in [0.1, 0.15) is 12.1 Å². The molecule has 0 unspecified atom stereocenters. The lowest BCUT2D eigenvalue weighted by Gasteiger charge is -1.99. The number of Topliss-reactive ketones (excluding diaryl/α,β-unsaturated/α-hetero) is 1. The first-order valence-corrected chi connectivity index (χ1v) is 4.15. The molecule has 0 radical (unpaired) electrons. The van der Waals surface area contributed by atoms with Gasteiger partial charge in [0.05, 0.1) is 14.2 Å². The average Bonchev–Trinajstić information content (AvgIpc) is 2.29. The first kappa shape index (κ1) is 11.1. The molecule has 0 aliphatic heterocycles. The summed E-state index contributed by atoms with van der Waals surface area (Å²) < 4.78 is 9.13. The Balaban J connectivity index is 2.70. The van der Waals surface area contributed by atoms with E-state index in [-0.39, 0.29) is 12.1 Å². The molecule has 1 rings (SSSR count). The topological polar surface area (TPSA) is 78.4 Å². The lowest BCUT2D eigenvalue weighted by Crippen LogP contribution is -2.11. The highest BCUT2D eigenvalue weighted by molar-refractivity contribution is 6.04. The minimum absolute atomic E-state index is 0.112. The molecule has 80 valence electrons. The van der Waals surface area contributed by atoms with Gasteiger partial charge in [0, 0.05) is 6.07 Å². The molecule has 1 aromatic heterocycles. The largest absolute Gasteiger partial charge is 0.480 e. The number of aromatic nitrogens is 2. The minimum Gasteiger partial charge on any atom is -0.480 e. The van der Waals surface area contributed by atoms with E-state index >= 15 is 0 Å². The molecule has 0 aliphatic carbocycles. The normalized spacial score (nSPS) is 9.47. The number of ether oxygens (including phenoxy) is 2. The summed E-state index contributed by atoms with van der Waals surface area (Å²) >= 11 is 0. The molecule has 1 aromatic rings. The van der Waals surface area contributed by atoms with Crippen LogP contribution in [0.2, 0.25) is 0 Å². The first-order chi connectivity index (χ1) is 7.17. The van der Waals surface area contributed by atoms with E-state index < -0.39 is 11.8 Å². The van der Waals surface area contributed by atoms with E-state index in [0.29, 0.717) is 5.88 Å². The summed E-state index contributed by atoms with van der Waals surface area (Å²) in [7, 11) is 2.66. The van der Waals surface area contributed by atoms with Gasteiger partial charge in [-0.05, 0) is 6.07 Å². The molecule has 0 saturated carbocycles. The van der Waals surface area contributed by atoms with Crippen molar-refractivity contribution in [1.29, 1.82) is 0 Å². The highest BCUT2D eigenvalue weighted by Crippen LogP contribution is 2.05. The zero-order chi connectivity index (χ0) is 11.3. The molecule has 0 atom stereocenters. The third-order valence-electron chi connectivity index (χ3n) is 1.67. The van der Waals surface area contributed by atoms with Crippen molar-refractivity contribution in [3.05, 3.63) is 17.8 Å². The molecule has 6 nitrogen and oxygen atoms in total. The van der Waals surface area contributed by atoms with Gasteiger partial charge in [0.15, 0.2) is 5.78 Å². The Labute approximate surface area is 86.2 Å². The van der Waals surface area contributed by atoms with Gasteiger partial charge in [-0.2, -0.15) is 0 Å². The molecular formula is C9H10N2O4. The third-order valence-corrected chi connectivity index (χ3v) is 1.67. The summed E-state index contributed by atoms with van der Waals surface area (Å²) in [6, 6.07) is 2.94. The monoisotopic (exact) mass is 210 g/mol. The Kier molecular flexibility index (Phi) is 3.73. The van der Waals surface area contributed by atoms with Gasteiger partial charge in [-0.3, -0.25) is 9.59 Å². The second-order valence-corrected chi connectivity index (χ2v) is 2.64. The predicted molar refractivity (Wildman–Crippen MR) is 49.5 cm³/mol. The maximum absolute atomic E-state index is 11.4. The number of hydrogen-bond donors (Lipinski definition) is 0. The van der Waals surface area contributed by atoms with Crippen LogP contribution in [0.3, 0.4) is 0 Å². The zero-order valence-electron chi connectivity index (χ0n) is 8.39. The van der Waals surface area contributed by atoms with E-state index in [4.69, 9.17) is 4.74 Å². The molecule has 0 saturated heterocycles. The molecule has 15 heavy (non-hydrogen) atoms. The number of rotatable bonds is 4. The Morgan fingerprint density at radius 1 is 1.27 bits per heavy atom. The molecule has 0 spiro atoms. The van der Waals surface area contributed by atoms with Crippen molar-refractivity contribution in [3.63, 3.8) is 0 Å². The van der Waals surface area contributed by atoms with Crippen LogP contribution >= 0.6 is 0 Å². The van der Waals surface area contributed by atoms with Crippen LogP contribution in [0, 0.1) is 0 Å². The number of esters is 1. The van der Waals surface area contributed by atoms with Crippen LogP contribution in [-0.4, -0.2) is 36.2 Å². The Hall–Kier alpha value is -1.98. The second-order valence-electron chi connectivity index (χ2n) is 2.64. The quantitative estimate of drug-likeness (QED) is 0.402. The van der Waals surface area contributed by atoms with E-state index in [1.807, 2.05) is 0 Å². The third kappa shape index (κ3) is 3.01. The highest BCUT2D eigenvalue weighted by Gasteiger charge is 2.13. The van der Waals surface area contributed by atoms with Crippen molar-refractivity contribution in [2.45, 2.75) is 6.42 Å². The van der Waals surface area contributed by atoms with Crippen LogP contribution in [0.25, 0.3) is 0 Å². The van der Waals surface area contributed by atoms with Crippen molar-refractivity contribution in [2.75, 3.05) is 14.2 Å². The lowest BCUT2D eigenvalue weighted by atomic mass is 10.2. The van der Waals surface area contributed by atoms with Crippen LogP contribution in [-0.2, 0) is 9.53 Å². The van der Waals surface area contributed by atoms with Crippen molar-refractivity contribution in [2.24, 2.45) is 0 Å². The molecule has 0 aromatic carbocycles. The maximum atomic E-state index is 11.4. The number of hydrogen-bond acceptors (Lipinski definition) is 6. The number of nitrogens with zero attached hydrogens (tertiary/aromatic N) is 2. The van der Waals surface area contributed by atoms with Crippen LogP contribution in [0.1, 0.15) is 16.9 Å². The first-order valence-electron chi connectivity index (χ1n) is 4.15. The van der Waals surface area contributed by atoms with Gasteiger partial charge in [-0.15, -0.1) is 10.2 Å². The molecule has 0 bridgehead atoms. The number of ketones is 1. The maximum Gasteiger partial charge on any atom is 0.313 e. The molecule has 1 heterocycles. The molecule has 0 aliphatic rings. The highest BCUT2D eigenvalue weighted by atomic mass is 16.5. The summed E-state index contributed by atoms with van der Waals surface area (Å²) in [5.74, 6) is -0.723. The average molecular weight is 210 g/mol. The smallest absolute Gasteiger partial charge is 0.313 e. The number of methoxy groups -OCH3 is 2. The standard InChI is InChI=1S/C9H10N2O4/c1-14-8-4-3-6(10-11-8)7(12)5-9(13)15-2/h3-4H,5H2,1-2H3. The summed E-state index contributed by atoms with van der Waals surface area (Å²) in [6.07, 6.45) is -0.336. The Morgan fingerprint density at radius 2 is 2.00 bits per heavy atom. The van der Waals surface area contributed by atoms with Crippen molar-refractivity contribution >= 4 is 11.8 Å². The summed E-state index contributed by atoms with van der Waals surface area (Å²) in [6.45, 7) is 0. The fourth-order valence-electron chi connectivity index (χ4n) is 0.871. The van der Waals surface area contributed by atoms with Crippen LogP contribution in [0.15, 0.2) is 12.1 Å². The van der Waals surface area contributed by atoms with Crippen LogP contribution in [0.4, 0.5) is 0 Å². The molecule has 6 heteroatoms. The summed E-state index contributed by atoms with van der Waals surface area (Å²) in [5, 5.41) is 7.21. The van der Waals surface area contributed by atoms with E-state index in [1.165, 1.54) is 26.4 Å². The van der Waals surface area contributed by atoms with Gasteiger partial charge in [-0.25, -0.2) is 0 Å². The van der Waals surface area contributed by atoms with Crippen molar-refractivity contribution in [1.82, 2.24) is 10.2 Å². The van der Waals surface area contributed by atoms with Crippen molar-refractivity contribution < 1.29 is 19.1 Å². The van der Waals surface area contributed by atoms with Gasteiger partial charge in [0.25, 0.3) is 0 Å². The van der Waals surface area contributed by atoms with E-state index in [0.717, 1.165) is 0 Å². The number of carbonyl (C=O) groups is 2. The second kappa shape index (κ2) is 5.04. The number of carbonyl (C=O) groups excluding carboxylic acids is 2. The predicted octanol–water partition coefficient (Wildman–Crippen LogP) is 0.231. The SMILES string of the molecule is COC(=O)CC(=O)c1ccc(OC)nn1.